The van der Waals surface area contributed by atoms with Gasteiger partial charge >= 0.3 is 5.97 Å². The van der Waals surface area contributed by atoms with Gasteiger partial charge in [-0.3, -0.25) is 9.59 Å². The van der Waals surface area contributed by atoms with Crippen molar-refractivity contribution in [3.63, 3.8) is 0 Å². The highest BCUT2D eigenvalue weighted by molar-refractivity contribution is 6.21. The summed E-state index contributed by atoms with van der Waals surface area (Å²) in [7, 11) is 0. The van der Waals surface area contributed by atoms with Gasteiger partial charge in [-0.05, 0) is 20.8 Å². The van der Waals surface area contributed by atoms with Crippen LogP contribution in [0.4, 0.5) is 0 Å². The van der Waals surface area contributed by atoms with Gasteiger partial charge in [-0.15, -0.1) is 0 Å². The predicted molar refractivity (Wildman–Crippen MR) is 73.3 cm³/mol. The molecule has 0 atom stereocenters. The molecule has 0 aliphatic rings. The van der Waals surface area contributed by atoms with Crippen LogP contribution in [0.25, 0.3) is 5.76 Å². The number of aliphatic hydroxyl groups is 1. The molecule has 0 spiro atoms. The van der Waals surface area contributed by atoms with Gasteiger partial charge in [-0.25, -0.2) is 4.79 Å². The SMILES string of the molecule is CCOC(=O)/C(C(C)=O)=C(/O)c1ccc(C(C)=O)cc1. The molecule has 5 nitrogen and oxygen atoms in total. The van der Waals surface area contributed by atoms with Crippen molar-refractivity contribution in [3.05, 3.63) is 41.0 Å². The van der Waals surface area contributed by atoms with Crippen molar-refractivity contribution in [2.45, 2.75) is 20.8 Å². The van der Waals surface area contributed by atoms with Crippen LogP contribution in [0.2, 0.25) is 0 Å². The lowest BCUT2D eigenvalue weighted by Crippen LogP contribution is -2.16. The molecule has 1 aromatic rings. The predicted octanol–water partition coefficient (Wildman–Crippen LogP) is 2.31. The van der Waals surface area contributed by atoms with Crippen LogP contribution in [0.3, 0.4) is 0 Å². The molecule has 1 rings (SSSR count). The largest absolute Gasteiger partial charge is 0.506 e. The van der Waals surface area contributed by atoms with E-state index in [2.05, 4.69) is 0 Å². The second kappa shape index (κ2) is 6.65. The van der Waals surface area contributed by atoms with Gasteiger partial charge in [0.05, 0.1) is 6.61 Å². The summed E-state index contributed by atoms with van der Waals surface area (Å²) in [6.45, 7) is 4.30. The number of hydrogen-bond donors (Lipinski definition) is 1. The fourth-order valence-corrected chi connectivity index (χ4v) is 1.62. The first-order chi connectivity index (χ1) is 9.38. The molecule has 5 heteroatoms. The quantitative estimate of drug-likeness (QED) is 0.223. The van der Waals surface area contributed by atoms with Crippen LogP contribution in [0, 0.1) is 0 Å². The highest BCUT2D eigenvalue weighted by Crippen LogP contribution is 2.19. The van der Waals surface area contributed by atoms with E-state index in [1.165, 1.54) is 38.1 Å². The maximum Gasteiger partial charge on any atom is 0.345 e. The number of carbonyl (C=O) groups is 3. The Hall–Kier alpha value is -2.43. The fraction of sp³-hybridized carbons (Fsp3) is 0.267. The lowest BCUT2D eigenvalue weighted by atomic mass is 10.0. The van der Waals surface area contributed by atoms with E-state index >= 15 is 0 Å². The van der Waals surface area contributed by atoms with E-state index in [4.69, 9.17) is 4.74 Å². The molecule has 0 bridgehead atoms. The zero-order valence-corrected chi connectivity index (χ0v) is 11.6. The highest BCUT2D eigenvalue weighted by atomic mass is 16.5. The highest BCUT2D eigenvalue weighted by Gasteiger charge is 2.22. The molecule has 0 aromatic heterocycles. The van der Waals surface area contributed by atoms with Gasteiger partial charge in [0.15, 0.2) is 11.6 Å². The Kier molecular flexibility index (Phi) is 5.20. The molecule has 1 aromatic carbocycles. The normalized spacial score (nSPS) is 11.6. The molecule has 106 valence electrons. The fourth-order valence-electron chi connectivity index (χ4n) is 1.62. The molecule has 0 unspecified atom stereocenters. The van der Waals surface area contributed by atoms with Crippen molar-refractivity contribution in [2.75, 3.05) is 6.61 Å². The summed E-state index contributed by atoms with van der Waals surface area (Å²) in [5, 5.41) is 10.1. The zero-order valence-electron chi connectivity index (χ0n) is 11.6. The second-order valence-electron chi connectivity index (χ2n) is 4.13. The van der Waals surface area contributed by atoms with Crippen molar-refractivity contribution >= 4 is 23.3 Å². The summed E-state index contributed by atoms with van der Waals surface area (Å²) in [5.74, 6) is -2.02. The van der Waals surface area contributed by atoms with Gasteiger partial charge in [-0.1, -0.05) is 24.3 Å². The Morgan fingerprint density at radius 3 is 1.95 bits per heavy atom. The summed E-state index contributed by atoms with van der Waals surface area (Å²) >= 11 is 0. The monoisotopic (exact) mass is 276 g/mol. The van der Waals surface area contributed by atoms with Crippen molar-refractivity contribution < 1.29 is 24.2 Å². The number of benzene rings is 1. The van der Waals surface area contributed by atoms with E-state index in [-0.39, 0.29) is 18.0 Å². The topological polar surface area (TPSA) is 80.7 Å². The average Bonchev–Trinajstić information content (AvgIpc) is 2.38. The molecule has 0 aliphatic heterocycles. The molecule has 20 heavy (non-hydrogen) atoms. The Morgan fingerprint density at radius 2 is 1.55 bits per heavy atom. The van der Waals surface area contributed by atoms with Crippen LogP contribution in [0.5, 0.6) is 0 Å². The molecule has 0 aliphatic carbocycles. The third kappa shape index (κ3) is 3.54. The van der Waals surface area contributed by atoms with E-state index in [9.17, 15) is 19.5 Å². The van der Waals surface area contributed by atoms with Gasteiger partial charge in [0.1, 0.15) is 11.3 Å². The molecular formula is C15H16O5. The van der Waals surface area contributed by atoms with Crippen molar-refractivity contribution in [1.29, 1.82) is 0 Å². The Morgan fingerprint density at radius 1 is 1.05 bits per heavy atom. The summed E-state index contributed by atoms with van der Waals surface area (Å²) in [6.07, 6.45) is 0. The van der Waals surface area contributed by atoms with Gasteiger partial charge in [0.25, 0.3) is 0 Å². The minimum Gasteiger partial charge on any atom is -0.506 e. The molecule has 0 amide bonds. The van der Waals surface area contributed by atoms with Gasteiger partial charge in [0.2, 0.25) is 0 Å². The first kappa shape index (κ1) is 15.6. The van der Waals surface area contributed by atoms with Crippen LogP contribution in [0.1, 0.15) is 36.7 Å². The van der Waals surface area contributed by atoms with Crippen LogP contribution < -0.4 is 0 Å². The van der Waals surface area contributed by atoms with Crippen molar-refractivity contribution in [1.82, 2.24) is 0 Å². The molecule has 0 heterocycles. The molecule has 0 saturated carbocycles. The van der Waals surface area contributed by atoms with Crippen molar-refractivity contribution in [2.24, 2.45) is 0 Å². The van der Waals surface area contributed by atoms with Crippen LogP contribution in [0.15, 0.2) is 29.8 Å². The first-order valence-corrected chi connectivity index (χ1v) is 6.11. The van der Waals surface area contributed by atoms with E-state index < -0.39 is 23.1 Å². The maximum atomic E-state index is 11.7. The number of ketones is 2. The molecule has 0 saturated heterocycles. The number of aliphatic hydroxyl groups excluding tert-OH is 1. The molecule has 0 fully saturated rings. The first-order valence-electron chi connectivity index (χ1n) is 6.11. The summed E-state index contributed by atoms with van der Waals surface area (Å²) in [6, 6.07) is 5.95. The Balaban J connectivity index is 3.24. The van der Waals surface area contributed by atoms with Crippen LogP contribution in [-0.2, 0) is 14.3 Å². The second-order valence-corrected chi connectivity index (χ2v) is 4.13. The summed E-state index contributed by atoms with van der Waals surface area (Å²) < 4.78 is 4.74. The molecule has 1 N–H and O–H groups in total. The lowest BCUT2D eigenvalue weighted by molar-refractivity contribution is -0.139. The maximum absolute atomic E-state index is 11.7. The molecular weight excluding hydrogens is 260 g/mol. The average molecular weight is 276 g/mol. The van der Waals surface area contributed by atoms with Gasteiger partial charge < -0.3 is 9.84 Å². The molecule has 0 radical (unpaired) electrons. The minimum absolute atomic E-state index is 0.103. The van der Waals surface area contributed by atoms with E-state index in [0.717, 1.165) is 0 Å². The minimum atomic E-state index is -0.867. The Bertz CT molecular complexity index is 566. The van der Waals surface area contributed by atoms with E-state index in [1.807, 2.05) is 0 Å². The van der Waals surface area contributed by atoms with Crippen LogP contribution >= 0.6 is 0 Å². The van der Waals surface area contributed by atoms with Gasteiger partial charge in [0, 0.05) is 11.1 Å². The number of carbonyl (C=O) groups excluding carboxylic acids is 3. The van der Waals surface area contributed by atoms with Crippen LogP contribution in [-0.4, -0.2) is 29.2 Å². The van der Waals surface area contributed by atoms with E-state index in [0.29, 0.717) is 5.56 Å². The lowest BCUT2D eigenvalue weighted by Gasteiger charge is -2.08. The summed E-state index contributed by atoms with van der Waals surface area (Å²) in [5.41, 5.74) is 0.345. The number of hydrogen-bond acceptors (Lipinski definition) is 5. The third-order valence-corrected chi connectivity index (χ3v) is 2.63. The zero-order chi connectivity index (χ0) is 15.3. The number of esters is 1. The summed E-state index contributed by atoms with van der Waals surface area (Å²) in [4.78, 5) is 34.3. The number of rotatable bonds is 5. The Labute approximate surface area is 116 Å². The number of Topliss-reactive ketones (excluding diaryl/α,β-unsaturated/α-hetero) is 2. The standard InChI is InChI=1S/C15H16O5/c1-4-20-15(19)13(10(3)17)14(18)12-7-5-11(6-8-12)9(2)16/h5-8,18H,4H2,1-3H3/b14-13+. The van der Waals surface area contributed by atoms with E-state index in [1.54, 1.807) is 6.92 Å². The third-order valence-electron chi connectivity index (χ3n) is 2.63. The van der Waals surface area contributed by atoms with Gasteiger partial charge in [-0.2, -0.15) is 0 Å². The van der Waals surface area contributed by atoms with Crippen molar-refractivity contribution in [3.8, 4) is 0 Å². The number of ether oxygens (including phenoxy) is 1. The smallest absolute Gasteiger partial charge is 0.345 e.